The number of nitrogens with zero attached hydrogens (tertiary/aromatic N) is 1. The molecule has 0 saturated carbocycles. The van der Waals surface area contributed by atoms with Crippen molar-refractivity contribution in [1.82, 2.24) is 0 Å². The molecule has 0 aliphatic heterocycles. The first-order valence-corrected chi connectivity index (χ1v) is 4.84. The monoisotopic (exact) mass is 208 g/mol. The number of hydrogen-bond donors (Lipinski definition) is 2. The van der Waals surface area contributed by atoms with E-state index < -0.39 is 0 Å². The molecule has 0 aromatic heterocycles. The van der Waals surface area contributed by atoms with Crippen molar-refractivity contribution in [2.24, 2.45) is 10.9 Å². The number of nitrogens with two attached hydrogens (primary N) is 1. The Hall–Kier alpha value is -1.71. The van der Waals surface area contributed by atoms with Gasteiger partial charge in [-0.1, -0.05) is 30.3 Å². The minimum absolute atomic E-state index is 0.182. The summed E-state index contributed by atoms with van der Waals surface area (Å²) in [5, 5.41) is 11.5. The number of aryl methyl sites for hydroxylation is 1. The molecule has 0 amide bonds. The average molecular weight is 208 g/mol. The number of ether oxygens (including phenoxy) is 1. The topological polar surface area (TPSA) is 67.8 Å². The minimum Gasteiger partial charge on any atom is -0.496 e. The summed E-state index contributed by atoms with van der Waals surface area (Å²) in [5.74, 6) is 1.01. The van der Waals surface area contributed by atoms with Crippen LogP contribution in [-0.2, 0) is 12.8 Å². The van der Waals surface area contributed by atoms with E-state index >= 15 is 0 Å². The van der Waals surface area contributed by atoms with Gasteiger partial charge in [-0.15, -0.1) is 0 Å². The molecule has 0 aliphatic carbocycles. The fraction of sp³-hybridized carbons (Fsp3) is 0.364. The number of para-hydroxylation sites is 1. The SMILES string of the molecule is CCc1cccc(C/C(N)=N/O)c1OC. The largest absolute Gasteiger partial charge is 0.496 e. The third kappa shape index (κ3) is 2.62. The molecule has 0 fully saturated rings. The predicted octanol–water partition coefficient (Wildman–Crippen LogP) is 1.55. The molecule has 0 bridgehead atoms. The summed E-state index contributed by atoms with van der Waals surface area (Å²) >= 11 is 0. The predicted molar refractivity (Wildman–Crippen MR) is 59.5 cm³/mol. The Morgan fingerprint density at radius 2 is 2.13 bits per heavy atom. The van der Waals surface area contributed by atoms with Crippen LogP contribution in [0.25, 0.3) is 0 Å². The van der Waals surface area contributed by atoms with Crippen molar-refractivity contribution >= 4 is 5.84 Å². The van der Waals surface area contributed by atoms with Gasteiger partial charge in [-0.3, -0.25) is 0 Å². The van der Waals surface area contributed by atoms with Gasteiger partial charge >= 0.3 is 0 Å². The van der Waals surface area contributed by atoms with Crippen LogP contribution >= 0.6 is 0 Å². The molecule has 0 aliphatic rings. The minimum atomic E-state index is 0.182. The molecule has 0 spiro atoms. The van der Waals surface area contributed by atoms with Crippen LogP contribution in [0.2, 0.25) is 0 Å². The fourth-order valence-corrected chi connectivity index (χ4v) is 1.55. The summed E-state index contributed by atoms with van der Waals surface area (Å²) in [6.45, 7) is 2.06. The smallest absolute Gasteiger partial charge is 0.143 e. The highest BCUT2D eigenvalue weighted by molar-refractivity contribution is 5.82. The number of hydrogen-bond acceptors (Lipinski definition) is 3. The molecule has 4 heteroatoms. The molecule has 0 atom stereocenters. The summed E-state index contributed by atoms with van der Waals surface area (Å²) in [6.07, 6.45) is 1.29. The molecular formula is C11H16N2O2. The number of rotatable bonds is 4. The molecular weight excluding hydrogens is 192 g/mol. The molecule has 0 saturated heterocycles. The maximum Gasteiger partial charge on any atom is 0.143 e. The van der Waals surface area contributed by atoms with E-state index in [0.717, 1.165) is 23.3 Å². The maximum atomic E-state index is 8.51. The quantitative estimate of drug-likeness (QED) is 0.341. The number of benzene rings is 1. The van der Waals surface area contributed by atoms with Gasteiger partial charge in [0.15, 0.2) is 0 Å². The lowest BCUT2D eigenvalue weighted by molar-refractivity contribution is 0.317. The molecule has 1 aromatic carbocycles. The van der Waals surface area contributed by atoms with E-state index in [1.807, 2.05) is 18.2 Å². The maximum absolute atomic E-state index is 8.51. The van der Waals surface area contributed by atoms with Crippen LogP contribution < -0.4 is 10.5 Å². The first-order valence-electron chi connectivity index (χ1n) is 4.84. The zero-order valence-corrected chi connectivity index (χ0v) is 9.03. The second-order valence-corrected chi connectivity index (χ2v) is 3.23. The van der Waals surface area contributed by atoms with E-state index in [1.165, 1.54) is 0 Å². The van der Waals surface area contributed by atoms with Crippen molar-refractivity contribution < 1.29 is 9.94 Å². The van der Waals surface area contributed by atoms with Gasteiger partial charge in [-0.2, -0.15) is 0 Å². The summed E-state index contributed by atoms with van der Waals surface area (Å²) < 4.78 is 5.32. The Morgan fingerprint density at radius 1 is 1.47 bits per heavy atom. The molecule has 15 heavy (non-hydrogen) atoms. The lowest BCUT2D eigenvalue weighted by atomic mass is 10.0. The van der Waals surface area contributed by atoms with Gasteiger partial charge in [0.05, 0.1) is 7.11 Å². The molecule has 3 N–H and O–H groups in total. The van der Waals surface area contributed by atoms with Crippen LogP contribution in [0.3, 0.4) is 0 Å². The third-order valence-corrected chi connectivity index (χ3v) is 2.26. The lowest BCUT2D eigenvalue weighted by Crippen LogP contribution is -2.15. The molecule has 0 radical (unpaired) electrons. The third-order valence-electron chi connectivity index (χ3n) is 2.26. The number of methoxy groups -OCH3 is 1. The van der Waals surface area contributed by atoms with Crippen LogP contribution in [0.1, 0.15) is 18.1 Å². The van der Waals surface area contributed by atoms with Crippen molar-refractivity contribution in [2.45, 2.75) is 19.8 Å². The van der Waals surface area contributed by atoms with E-state index in [1.54, 1.807) is 7.11 Å². The van der Waals surface area contributed by atoms with Gasteiger partial charge in [0.25, 0.3) is 0 Å². The molecule has 82 valence electrons. The van der Waals surface area contributed by atoms with E-state index in [4.69, 9.17) is 15.7 Å². The lowest BCUT2D eigenvalue weighted by Gasteiger charge is -2.11. The van der Waals surface area contributed by atoms with Crippen molar-refractivity contribution in [3.63, 3.8) is 0 Å². The highest BCUT2D eigenvalue weighted by atomic mass is 16.5. The zero-order valence-electron chi connectivity index (χ0n) is 9.03. The Morgan fingerprint density at radius 3 is 2.67 bits per heavy atom. The Kier molecular flexibility index (Phi) is 3.97. The fourth-order valence-electron chi connectivity index (χ4n) is 1.55. The second-order valence-electron chi connectivity index (χ2n) is 3.23. The molecule has 1 rings (SSSR count). The summed E-state index contributed by atoms with van der Waals surface area (Å²) in [4.78, 5) is 0. The molecule has 4 nitrogen and oxygen atoms in total. The number of amidine groups is 1. The number of oxime groups is 1. The average Bonchev–Trinajstić information content (AvgIpc) is 2.28. The first kappa shape index (κ1) is 11.4. The van der Waals surface area contributed by atoms with E-state index in [9.17, 15) is 0 Å². The van der Waals surface area contributed by atoms with E-state index in [2.05, 4.69) is 12.1 Å². The Labute approximate surface area is 89.4 Å². The highest BCUT2D eigenvalue weighted by Gasteiger charge is 2.08. The molecule has 1 aromatic rings. The van der Waals surface area contributed by atoms with Gasteiger partial charge in [-0.25, -0.2) is 0 Å². The van der Waals surface area contributed by atoms with E-state index in [0.29, 0.717) is 6.42 Å². The molecule has 0 unspecified atom stereocenters. The Bertz CT molecular complexity index is 362. The van der Waals surface area contributed by atoms with Crippen molar-refractivity contribution in [1.29, 1.82) is 0 Å². The van der Waals surface area contributed by atoms with E-state index in [-0.39, 0.29) is 5.84 Å². The zero-order chi connectivity index (χ0) is 11.3. The van der Waals surface area contributed by atoms with Gasteiger partial charge in [0.2, 0.25) is 0 Å². The van der Waals surface area contributed by atoms with Gasteiger partial charge < -0.3 is 15.7 Å². The van der Waals surface area contributed by atoms with Crippen LogP contribution in [0, 0.1) is 0 Å². The summed E-state index contributed by atoms with van der Waals surface area (Å²) in [7, 11) is 1.63. The van der Waals surface area contributed by atoms with Crippen molar-refractivity contribution in [3.8, 4) is 5.75 Å². The second kappa shape index (κ2) is 5.24. The van der Waals surface area contributed by atoms with Crippen LogP contribution in [0.15, 0.2) is 23.4 Å². The first-order chi connectivity index (χ1) is 7.22. The Balaban J connectivity index is 3.06. The summed E-state index contributed by atoms with van der Waals surface area (Å²) in [5.41, 5.74) is 7.53. The van der Waals surface area contributed by atoms with Crippen LogP contribution in [0.5, 0.6) is 5.75 Å². The summed E-state index contributed by atoms with van der Waals surface area (Å²) in [6, 6.07) is 5.87. The van der Waals surface area contributed by atoms with Gasteiger partial charge in [-0.05, 0) is 12.0 Å². The standard InChI is InChI=1S/C11H16N2O2/c1-3-8-5-4-6-9(11(8)15-2)7-10(12)13-14/h4-6,14H,3,7H2,1-2H3,(H2,12,13). The van der Waals surface area contributed by atoms with Gasteiger partial charge in [0, 0.05) is 12.0 Å². The van der Waals surface area contributed by atoms with Crippen molar-refractivity contribution in [2.75, 3.05) is 7.11 Å². The molecule has 0 heterocycles. The van der Waals surface area contributed by atoms with Crippen LogP contribution in [-0.4, -0.2) is 18.2 Å². The highest BCUT2D eigenvalue weighted by Crippen LogP contribution is 2.24. The van der Waals surface area contributed by atoms with Crippen molar-refractivity contribution in [3.05, 3.63) is 29.3 Å². The normalized spacial score (nSPS) is 11.5. The van der Waals surface area contributed by atoms with Crippen LogP contribution in [0.4, 0.5) is 0 Å². The van der Waals surface area contributed by atoms with Gasteiger partial charge in [0.1, 0.15) is 11.6 Å².